The van der Waals surface area contributed by atoms with Gasteiger partial charge in [0.05, 0.1) is 17.2 Å². The van der Waals surface area contributed by atoms with Crippen LogP contribution in [0.2, 0.25) is 10.0 Å². The fraction of sp³-hybridized carbons (Fsp3) is 0.0625. The van der Waals surface area contributed by atoms with Crippen molar-refractivity contribution in [3.63, 3.8) is 0 Å². The summed E-state index contributed by atoms with van der Waals surface area (Å²) in [4.78, 5) is 11.2. The first-order valence-corrected chi connectivity index (χ1v) is 9.56. The van der Waals surface area contributed by atoms with E-state index in [1.807, 2.05) is 23.6 Å². The first-order chi connectivity index (χ1) is 11.4. The lowest BCUT2D eigenvalue weighted by Gasteiger charge is -2.12. The monoisotopic (exact) mass is 588 g/mol. The van der Waals surface area contributed by atoms with Crippen molar-refractivity contribution < 1.29 is 9.53 Å². The molecule has 4 nitrogen and oxygen atoms in total. The van der Waals surface area contributed by atoms with Crippen LogP contribution in [0.4, 0.5) is 0 Å². The molecular formula is C16H12Cl2I2N2O2. The number of hydrogen-bond donors (Lipinski definition) is 2. The molecule has 2 aromatic rings. The molecule has 126 valence electrons. The molecule has 0 saturated heterocycles. The van der Waals surface area contributed by atoms with Crippen LogP contribution in [-0.2, 0) is 11.4 Å². The Bertz CT molecular complexity index is 775. The molecular weight excluding hydrogens is 577 g/mol. The van der Waals surface area contributed by atoms with E-state index in [2.05, 4.69) is 45.2 Å². The molecule has 0 atom stereocenters. The van der Waals surface area contributed by atoms with E-state index >= 15 is 0 Å². The van der Waals surface area contributed by atoms with Gasteiger partial charge in [0.2, 0.25) is 0 Å². The van der Waals surface area contributed by atoms with Gasteiger partial charge in [-0.1, -0.05) is 29.3 Å². The highest BCUT2D eigenvalue weighted by atomic mass is 127. The fourth-order valence-electron chi connectivity index (χ4n) is 1.82. The van der Waals surface area contributed by atoms with Gasteiger partial charge >= 0.3 is 0 Å². The van der Waals surface area contributed by atoms with Crippen LogP contribution in [-0.4, -0.2) is 5.91 Å². The van der Waals surface area contributed by atoms with Crippen molar-refractivity contribution in [2.45, 2.75) is 6.61 Å². The topological polar surface area (TPSA) is 64.3 Å². The Morgan fingerprint density at radius 2 is 1.83 bits per heavy atom. The van der Waals surface area contributed by atoms with Crippen molar-refractivity contribution in [1.82, 2.24) is 5.43 Å². The van der Waals surface area contributed by atoms with Crippen LogP contribution in [0.3, 0.4) is 0 Å². The van der Waals surface area contributed by atoms with Crippen LogP contribution in [0.15, 0.2) is 36.4 Å². The number of amides is 1. The number of hydrazine groups is 1. The molecule has 0 bridgehead atoms. The number of nitrogens with two attached hydrogens (primary N) is 1. The molecule has 0 unspecified atom stereocenters. The van der Waals surface area contributed by atoms with Crippen LogP contribution >= 0.6 is 68.4 Å². The number of halogens is 4. The Morgan fingerprint density at radius 1 is 1.17 bits per heavy atom. The van der Waals surface area contributed by atoms with Crippen molar-refractivity contribution in [2.24, 2.45) is 5.84 Å². The van der Waals surface area contributed by atoms with Gasteiger partial charge in [-0.2, -0.15) is 0 Å². The Kier molecular flexibility index (Phi) is 7.60. The molecule has 2 aromatic carbocycles. The number of ether oxygens (including phenoxy) is 1. The van der Waals surface area contributed by atoms with Gasteiger partial charge in [0.25, 0.3) is 5.91 Å². The number of carbonyl (C=O) groups is 1. The zero-order valence-electron chi connectivity index (χ0n) is 12.2. The molecule has 0 aliphatic rings. The van der Waals surface area contributed by atoms with Crippen molar-refractivity contribution in [3.05, 3.63) is 64.7 Å². The van der Waals surface area contributed by atoms with E-state index in [0.29, 0.717) is 16.7 Å². The van der Waals surface area contributed by atoms with Gasteiger partial charge in [-0.15, -0.1) is 0 Å². The quantitative estimate of drug-likeness (QED) is 0.174. The van der Waals surface area contributed by atoms with E-state index in [4.69, 9.17) is 33.8 Å². The lowest BCUT2D eigenvalue weighted by Crippen LogP contribution is -2.27. The van der Waals surface area contributed by atoms with Crippen LogP contribution in [0, 0.1) is 7.14 Å². The summed E-state index contributed by atoms with van der Waals surface area (Å²) < 4.78 is 7.78. The third-order valence-corrected chi connectivity index (χ3v) is 5.30. The maximum Gasteiger partial charge on any atom is 0.257 e. The highest BCUT2D eigenvalue weighted by Gasteiger charge is 2.09. The lowest BCUT2D eigenvalue weighted by molar-refractivity contribution is -0.116. The second-order valence-corrected chi connectivity index (χ2v) is 7.83. The van der Waals surface area contributed by atoms with Crippen LogP contribution in [0.5, 0.6) is 5.75 Å². The summed E-state index contributed by atoms with van der Waals surface area (Å²) in [5, 5.41) is 1.02. The molecule has 0 fully saturated rings. The molecule has 3 N–H and O–H groups in total. The summed E-state index contributed by atoms with van der Waals surface area (Å²) in [7, 11) is 0. The van der Waals surface area contributed by atoms with Crippen molar-refractivity contribution in [1.29, 1.82) is 0 Å². The highest BCUT2D eigenvalue weighted by molar-refractivity contribution is 14.1. The van der Waals surface area contributed by atoms with Crippen molar-refractivity contribution >= 4 is 80.4 Å². The first-order valence-electron chi connectivity index (χ1n) is 6.65. The van der Waals surface area contributed by atoms with Gasteiger partial charge in [0.1, 0.15) is 12.4 Å². The minimum atomic E-state index is -0.361. The fourth-order valence-corrected chi connectivity index (χ4v) is 4.27. The van der Waals surface area contributed by atoms with Crippen LogP contribution < -0.4 is 16.0 Å². The van der Waals surface area contributed by atoms with Gasteiger partial charge in [-0.3, -0.25) is 10.2 Å². The van der Waals surface area contributed by atoms with Gasteiger partial charge in [-0.05, 0) is 86.7 Å². The molecule has 0 radical (unpaired) electrons. The van der Waals surface area contributed by atoms with E-state index < -0.39 is 0 Å². The summed E-state index contributed by atoms with van der Waals surface area (Å²) in [6, 6.07) is 9.25. The molecule has 2 rings (SSSR count). The number of nitrogens with one attached hydrogen (secondary N) is 1. The maximum atomic E-state index is 11.2. The molecule has 0 aliphatic carbocycles. The van der Waals surface area contributed by atoms with E-state index in [1.165, 1.54) is 6.08 Å². The Balaban J connectivity index is 2.14. The Labute approximate surface area is 177 Å². The Hall–Kier alpha value is -0.550. The van der Waals surface area contributed by atoms with E-state index in [0.717, 1.165) is 24.0 Å². The molecule has 24 heavy (non-hydrogen) atoms. The second kappa shape index (κ2) is 9.23. The Morgan fingerprint density at radius 3 is 2.42 bits per heavy atom. The summed E-state index contributed by atoms with van der Waals surface area (Å²) in [5.41, 5.74) is 3.86. The lowest BCUT2D eigenvalue weighted by atomic mass is 10.2. The molecule has 0 aliphatic heterocycles. The summed E-state index contributed by atoms with van der Waals surface area (Å²) in [5.74, 6) is 5.46. The summed E-state index contributed by atoms with van der Waals surface area (Å²) >= 11 is 16.3. The van der Waals surface area contributed by atoms with E-state index in [1.54, 1.807) is 18.2 Å². The minimum Gasteiger partial charge on any atom is -0.487 e. The normalized spacial score (nSPS) is 10.9. The molecule has 0 saturated carbocycles. The van der Waals surface area contributed by atoms with E-state index in [-0.39, 0.29) is 5.91 Å². The first kappa shape index (κ1) is 19.8. The van der Waals surface area contributed by atoms with Crippen LogP contribution in [0.25, 0.3) is 6.08 Å². The van der Waals surface area contributed by atoms with Crippen molar-refractivity contribution in [2.75, 3.05) is 0 Å². The smallest absolute Gasteiger partial charge is 0.257 e. The third-order valence-electron chi connectivity index (χ3n) is 2.96. The number of carbonyl (C=O) groups excluding carboxylic acids is 1. The van der Waals surface area contributed by atoms with Gasteiger partial charge in [-0.25, -0.2) is 5.84 Å². The maximum absolute atomic E-state index is 11.2. The average molecular weight is 589 g/mol. The van der Waals surface area contributed by atoms with Gasteiger partial charge in [0.15, 0.2) is 0 Å². The predicted octanol–water partition coefficient (Wildman–Crippen LogP) is 4.78. The van der Waals surface area contributed by atoms with E-state index in [9.17, 15) is 4.79 Å². The standard InChI is InChI=1S/C16H12Cl2I2N2O2/c17-11-3-1-10(5-12(11)18)8-24-16-13(19)6-9(7-14(16)20)2-4-15(23)22-21/h1-7H,8,21H2,(H,22,23)/b4-2+. The highest BCUT2D eigenvalue weighted by Crippen LogP contribution is 2.31. The molecule has 1 amide bonds. The zero-order valence-corrected chi connectivity index (χ0v) is 18.0. The van der Waals surface area contributed by atoms with Crippen LogP contribution in [0.1, 0.15) is 11.1 Å². The third kappa shape index (κ3) is 5.48. The molecule has 8 heteroatoms. The average Bonchev–Trinajstić information content (AvgIpc) is 2.55. The second-order valence-electron chi connectivity index (χ2n) is 4.69. The largest absolute Gasteiger partial charge is 0.487 e. The summed E-state index contributed by atoms with van der Waals surface area (Å²) in [6.07, 6.45) is 3.06. The minimum absolute atomic E-state index is 0.361. The number of hydrogen-bond acceptors (Lipinski definition) is 3. The van der Waals surface area contributed by atoms with Gasteiger partial charge < -0.3 is 4.74 Å². The van der Waals surface area contributed by atoms with Gasteiger partial charge in [0, 0.05) is 6.08 Å². The zero-order chi connectivity index (χ0) is 17.7. The molecule has 0 spiro atoms. The number of benzene rings is 2. The molecule has 0 heterocycles. The summed E-state index contributed by atoms with van der Waals surface area (Å²) in [6.45, 7) is 0.383. The number of rotatable bonds is 5. The molecule has 0 aromatic heterocycles. The predicted molar refractivity (Wildman–Crippen MR) is 114 cm³/mol. The van der Waals surface area contributed by atoms with Crippen molar-refractivity contribution in [3.8, 4) is 5.75 Å². The SMILES string of the molecule is NNC(=O)/C=C/c1cc(I)c(OCc2ccc(Cl)c(Cl)c2)c(I)c1.